The lowest BCUT2D eigenvalue weighted by atomic mass is 10.1. The van der Waals surface area contributed by atoms with E-state index in [1.807, 2.05) is 43.3 Å². The molecule has 0 radical (unpaired) electrons. The first-order valence-electron chi connectivity index (χ1n) is 7.86. The summed E-state index contributed by atoms with van der Waals surface area (Å²) in [6.07, 6.45) is 2.07. The van der Waals surface area contributed by atoms with Gasteiger partial charge in [-0.25, -0.2) is 0 Å². The van der Waals surface area contributed by atoms with Crippen molar-refractivity contribution in [3.8, 4) is 0 Å². The summed E-state index contributed by atoms with van der Waals surface area (Å²) in [5, 5.41) is 3.32. The van der Waals surface area contributed by atoms with Crippen LogP contribution in [0.25, 0.3) is 0 Å². The number of hydrogen-bond donors (Lipinski definition) is 1. The molecule has 0 aliphatic rings. The summed E-state index contributed by atoms with van der Waals surface area (Å²) >= 11 is 0. The Morgan fingerprint density at radius 3 is 2.19 bits per heavy atom. The normalized spacial score (nSPS) is 10.7. The van der Waals surface area contributed by atoms with E-state index < -0.39 is 0 Å². The molecule has 0 aliphatic carbocycles. The first-order chi connectivity index (χ1) is 10.1. The summed E-state index contributed by atoms with van der Waals surface area (Å²) in [4.78, 5) is 16.6. The Kier molecular flexibility index (Phi) is 7.83. The van der Waals surface area contributed by atoms with E-state index >= 15 is 0 Å². The molecule has 1 aromatic rings. The number of carbonyl (C=O) groups is 1. The molecule has 0 spiro atoms. The molecule has 0 fully saturated rings. The zero-order valence-corrected chi connectivity index (χ0v) is 13.9. The van der Waals surface area contributed by atoms with Crippen LogP contribution in [-0.4, -0.2) is 56.0 Å². The molecule has 1 aromatic carbocycles. The highest BCUT2D eigenvalue weighted by Gasteiger charge is 2.14. The largest absolute Gasteiger partial charge is 0.385 e. The summed E-state index contributed by atoms with van der Waals surface area (Å²) in [6.45, 7) is 7.67. The third-order valence-corrected chi connectivity index (χ3v) is 3.31. The van der Waals surface area contributed by atoms with Crippen LogP contribution in [0.15, 0.2) is 24.3 Å². The summed E-state index contributed by atoms with van der Waals surface area (Å²) < 4.78 is 0. The summed E-state index contributed by atoms with van der Waals surface area (Å²) in [5.74, 6) is 0.126. The van der Waals surface area contributed by atoms with Crippen LogP contribution in [0.1, 0.15) is 37.0 Å². The number of likely N-dealkylation sites (N-methyl/N-ethyl adjacent to an activating group) is 1. The standard InChI is InChI=1S/C17H29N3O/c1-5-11-18-16-9-7-15(8-10-16)17(21)20(12-6-2)14-13-19(3)4/h7-10,18H,5-6,11-14H2,1-4H3. The molecule has 0 aromatic heterocycles. The van der Waals surface area contributed by atoms with E-state index in [1.165, 1.54) is 0 Å². The van der Waals surface area contributed by atoms with Crippen molar-refractivity contribution in [1.29, 1.82) is 0 Å². The molecule has 0 heterocycles. The van der Waals surface area contributed by atoms with Crippen molar-refractivity contribution in [2.75, 3.05) is 45.6 Å². The second-order valence-electron chi connectivity index (χ2n) is 5.60. The molecular weight excluding hydrogens is 262 g/mol. The molecule has 0 saturated carbocycles. The van der Waals surface area contributed by atoms with E-state index in [1.54, 1.807) is 0 Å². The lowest BCUT2D eigenvalue weighted by Gasteiger charge is -2.24. The van der Waals surface area contributed by atoms with Gasteiger partial charge in [0.15, 0.2) is 0 Å². The van der Waals surface area contributed by atoms with Crippen molar-refractivity contribution in [3.05, 3.63) is 29.8 Å². The number of hydrogen-bond acceptors (Lipinski definition) is 3. The Balaban J connectivity index is 2.68. The Morgan fingerprint density at radius 2 is 1.67 bits per heavy atom. The van der Waals surface area contributed by atoms with Gasteiger partial charge in [-0.05, 0) is 51.2 Å². The maximum atomic E-state index is 12.6. The third-order valence-electron chi connectivity index (χ3n) is 3.31. The van der Waals surface area contributed by atoms with Crippen molar-refractivity contribution >= 4 is 11.6 Å². The first kappa shape index (κ1) is 17.5. The fraction of sp³-hybridized carbons (Fsp3) is 0.588. The van der Waals surface area contributed by atoms with Gasteiger partial charge in [0.05, 0.1) is 0 Å². The maximum Gasteiger partial charge on any atom is 0.253 e. The fourth-order valence-electron chi connectivity index (χ4n) is 2.09. The highest BCUT2D eigenvalue weighted by molar-refractivity contribution is 5.94. The van der Waals surface area contributed by atoms with Crippen molar-refractivity contribution in [2.45, 2.75) is 26.7 Å². The molecule has 1 N–H and O–H groups in total. The van der Waals surface area contributed by atoms with Gasteiger partial charge in [-0.3, -0.25) is 4.79 Å². The number of rotatable bonds is 9. The lowest BCUT2D eigenvalue weighted by Crippen LogP contribution is -2.37. The van der Waals surface area contributed by atoms with Gasteiger partial charge in [-0.2, -0.15) is 0 Å². The van der Waals surface area contributed by atoms with Crippen LogP contribution in [0, 0.1) is 0 Å². The zero-order valence-electron chi connectivity index (χ0n) is 13.9. The van der Waals surface area contributed by atoms with Gasteiger partial charge in [0.1, 0.15) is 0 Å². The van der Waals surface area contributed by atoms with Crippen LogP contribution >= 0.6 is 0 Å². The molecule has 0 bridgehead atoms. The van der Waals surface area contributed by atoms with Crippen LogP contribution in [-0.2, 0) is 0 Å². The SMILES string of the molecule is CCCNc1ccc(C(=O)N(CCC)CCN(C)C)cc1. The van der Waals surface area contributed by atoms with Crippen LogP contribution in [0.4, 0.5) is 5.69 Å². The van der Waals surface area contributed by atoms with Crippen LogP contribution in [0.5, 0.6) is 0 Å². The third kappa shape index (κ3) is 6.17. The molecule has 4 heteroatoms. The van der Waals surface area contributed by atoms with E-state index in [4.69, 9.17) is 0 Å². The molecule has 0 saturated heterocycles. The molecule has 21 heavy (non-hydrogen) atoms. The summed E-state index contributed by atoms with van der Waals surface area (Å²) in [6, 6.07) is 7.80. The van der Waals surface area contributed by atoms with Crippen LogP contribution < -0.4 is 5.32 Å². The number of benzene rings is 1. The monoisotopic (exact) mass is 291 g/mol. The van der Waals surface area contributed by atoms with Gasteiger partial charge < -0.3 is 15.1 Å². The quantitative estimate of drug-likeness (QED) is 0.760. The predicted octanol–water partition coefficient (Wildman–Crippen LogP) is 2.92. The Labute approximate surface area is 129 Å². The second kappa shape index (κ2) is 9.40. The number of carbonyl (C=O) groups excluding carboxylic acids is 1. The average Bonchev–Trinajstić information content (AvgIpc) is 2.49. The minimum Gasteiger partial charge on any atom is -0.385 e. The van der Waals surface area contributed by atoms with E-state index in [-0.39, 0.29) is 5.91 Å². The Hall–Kier alpha value is -1.55. The Morgan fingerprint density at radius 1 is 1.00 bits per heavy atom. The molecular formula is C17H29N3O. The van der Waals surface area contributed by atoms with Gasteiger partial charge in [0, 0.05) is 37.4 Å². The smallest absolute Gasteiger partial charge is 0.253 e. The van der Waals surface area contributed by atoms with Gasteiger partial charge in [-0.15, -0.1) is 0 Å². The molecule has 4 nitrogen and oxygen atoms in total. The van der Waals surface area contributed by atoms with Crippen molar-refractivity contribution < 1.29 is 4.79 Å². The van der Waals surface area contributed by atoms with E-state index in [9.17, 15) is 4.79 Å². The molecule has 118 valence electrons. The molecule has 0 aliphatic heterocycles. The van der Waals surface area contributed by atoms with E-state index in [0.717, 1.165) is 50.3 Å². The molecule has 0 unspecified atom stereocenters. The minimum atomic E-state index is 0.126. The zero-order chi connectivity index (χ0) is 15.7. The average molecular weight is 291 g/mol. The topological polar surface area (TPSA) is 35.6 Å². The first-order valence-corrected chi connectivity index (χ1v) is 7.86. The maximum absolute atomic E-state index is 12.6. The van der Waals surface area contributed by atoms with Gasteiger partial charge in [0.25, 0.3) is 5.91 Å². The van der Waals surface area contributed by atoms with E-state index in [0.29, 0.717) is 0 Å². The highest BCUT2D eigenvalue weighted by Crippen LogP contribution is 2.12. The molecule has 1 rings (SSSR count). The fourth-order valence-corrected chi connectivity index (χ4v) is 2.09. The lowest BCUT2D eigenvalue weighted by molar-refractivity contribution is 0.0745. The number of amides is 1. The number of anilines is 1. The van der Waals surface area contributed by atoms with Crippen LogP contribution in [0.2, 0.25) is 0 Å². The number of nitrogens with one attached hydrogen (secondary N) is 1. The van der Waals surface area contributed by atoms with Crippen molar-refractivity contribution in [3.63, 3.8) is 0 Å². The van der Waals surface area contributed by atoms with Gasteiger partial charge >= 0.3 is 0 Å². The number of nitrogens with zero attached hydrogens (tertiary/aromatic N) is 2. The summed E-state index contributed by atoms with van der Waals surface area (Å²) in [7, 11) is 4.06. The van der Waals surface area contributed by atoms with E-state index in [2.05, 4.69) is 24.1 Å². The van der Waals surface area contributed by atoms with Crippen molar-refractivity contribution in [1.82, 2.24) is 9.80 Å². The second-order valence-corrected chi connectivity index (χ2v) is 5.60. The Bertz CT molecular complexity index is 415. The van der Waals surface area contributed by atoms with Crippen LogP contribution in [0.3, 0.4) is 0 Å². The van der Waals surface area contributed by atoms with Gasteiger partial charge in [0.2, 0.25) is 0 Å². The van der Waals surface area contributed by atoms with Gasteiger partial charge in [-0.1, -0.05) is 13.8 Å². The van der Waals surface area contributed by atoms with Crippen molar-refractivity contribution in [2.24, 2.45) is 0 Å². The molecule has 1 amide bonds. The summed E-state index contributed by atoms with van der Waals surface area (Å²) in [5.41, 5.74) is 1.84. The predicted molar refractivity (Wildman–Crippen MR) is 90.0 cm³/mol. The minimum absolute atomic E-state index is 0.126. The molecule has 0 atom stereocenters. The highest BCUT2D eigenvalue weighted by atomic mass is 16.2.